The monoisotopic (exact) mass is 511 g/mol. The molecule has 0 N–H and O–H groups in total. The van der Waals surface area contributed by atoms with E-state index in [0.29, 0.717) is 22.6 Å². The lowest BCUT2D eigenvalue weighted by molar-refractivity contribution is 0.276. The molecule has 1 aliphatic heterocycles. The lowest BCUT2D eigenvalue weighted by Gasteiger charge is -2.34. The first-order chi connectivity index (χ1) is 13.2. The minimum absolute atomic E-state index is 0.0530. The van der Waals surface area contributed by atoms with Gasteiger partial charge in [-0.3, -0.25) is 4.31 Å². The van der Waals surface area contributed by atoms with Crippen molar-refractivity contribution < 1.29 is 8.42 Å². The molecular weight excluding hydrogens is 481 g/mol. The fourth-order valence-electron chi connectivity index (χ4n) is 5.25. The minimum atomic E-state index is -3.56. The zero-order valence-electron chi connectivity index (χ0n) is 17.2. The standard InChI is InChI=1S/C23H30INO2S/c1-14-5-8-19(9-6-14)28(26,27)25-22-12-16(3)15(2)7-10-20(22)21-13-18(24)11-17(4)23(21)25/h5-6,8-9,13,15-17,20,22H,7,10-12H2,1-4H3. The molecule has 1 aromatic rings. The summed E-state index contributed by atoms with van der Waals surface area (Å²) in [5.41, 5.74) is 3.45. The topological polar surface area (TPSA) is 37.4 Å². The van der Waals surface area contributed by atoms with E-state index >= 15 is 0 Å². The van der Waals surface area contributed by atoms with Gasteiger partial charge >= 0.3 is 0 Å². The molecule has 0 aromatic heterocycles. The van der Waals surface area contributed by atoms with Crippen LogP contribution in [0.4, 0.5) is 0 Å². The van der Waals surface area contributed by atoms with Crippen LogP contribution >= 0.6 is 22.6 Å². The van der Waals surface area contributed by atoms with E-state index in [1.807, 2.05) is 23.4 Å². The molecule has 5 unspecified atom stereocenters. The van der Waals surface area contributed by atoms with Gasteiger partial charge in [0.1, 0.15) is 0 Å². The van der Waals surface area contributed by atoms with E-state index in [1.54, 1.807) is 12.1 Å². The average Bonchev–Trinajstić information content (AvgIpc) is 2.85. The molecule has 1 fully saturated rings. The smallest absolute Gasteiger partial charge is 0.264 e. The number of hydrogen-bond donors (Lipinski definition) is 0. The third kappa shape index (κ3) is 3.36. The zero-order valence-corrected chi connectivity index (χ0v) is 20.1. The number of halogens is 1. The molecule has 3 aliphatic rings. The van der Waals surface area contributed by atoms with E-state index in [1.165, 1.54) is 15.6 Å². The van der Waals surface area contributed by atoms with Gasteiger partial charge in [0.15, 0.2) is 0 Å². The van der Waals surface area contributed by atoms with Gasteiger partial charge in [0.05, 0.1) is 10.9 Å². The molecule has 28 heavy (non-hydrogen) atoms. The Labute approximate surface area is 183 Å². The first-order valence-electron chi connectivity index (χ1n) is 10.4. The van der Waals surface area contributed by atoms with Gasteiger partial charge < -0.3 is 0 Å². The van der Waals surface area contributed by atoms with Gasteiger partial charge in [0, 0.05) is 17.5 Å². The van der Waals surface area contributed by atoms with Crippen molar-refractivity contribution in [2.45, 2.75) is 64.3 Å². The van der Waals surface area contributed by atoms with E-state index in [9.17, 15) is 8.42 Å². The number of nitrogens with zero attached hydrogens (tertiary/aromatic N) is 1. The van der Waals surface area contributed by atoms with Crippen LogP contribution in [0, 0.1) is 30.6 Å². The van der Waals surface area contributed by atoms with Gasteiger partial charge in [0.2, 0.25) is 0 Å². The van der Waals surface area contributed by atoms with Crippen LogP contribution < -0.4 is 0 Å². The average molecular weight is 511 g/mol. The highest BCUT2D eigenvalue weighted by Crippen LogP contribution is 2.52. The summed E-state index contributed by atoms with van der Waals surface area (Å²) in [6.45, 7) is 8.80. The molecule has 0 bridgehead atoms. The molecule has 0 spiro atoms. The van der Waals surface area contributed by atoms with Crippen LogP contribution in [0.1, 0.15) is 52.0 Å². The Balaban J connectivity index is 1.86. The highest BCUT2D eigenvalue weighted by molar-refractivity contribution is 14.1. The van der Waals surface area contributed by atoms with Crippen molar-refractivity contribution >= 4 is 32.6 Å². The van der Waals surface area contributed by atoms with Crippen molar-refractivity contribution in [2.24, 2.45) is 23.7 Å². The maximum Gasteiger partial charge on any atom is 0.264 e. The van der Waals surface area contributed by atoms with Crippen molar-refractivity contribution in [1.29, 1.82) is 0 Å². The Hall–Kier alpha value is -0.820. The van der Waals surface area contributed by atoms with Crippen molar-refractivity contribution in [3.8, 4) is 0 Å². The Kier molecular flexibility index (Phi) is 5.45. The number of allylic oxidation sites excluding steroid dienone is 3. The third-order valence-electron chi connectivity index (χ3n) is 7.07. The molecule has 0 amide bonds. The van der Waals surface area contributed by atoms with E-state index < -0.39 is 10.0 Å². The molecule has 0 radical (unpaired) electrons. The van der Waals surface area contributed by atoms with Crippen molar-refractivity contribution in [3.05, 3.63) is 50.8 Å². The van der Waals surface area contributed by atoms with Crippen LogP contribution in [0.25, 0.3) is 0 Å². The molecule has 152 valence electrons. The van der Waals surface area contributed by atoms with Crippen LogP contribution in [0.15, 0.2) is 50.1 Å². The molecule has 5 atom stereocenters. The Morgan fingerprint density at radius 2 is 1.71 bits per heavy atom. The van der Waals surface area contributed by atoms with Crippen molar-refractivity contribution in [1.82, 2.24) is 4.31 Å². The lowest BCUT2D eigenvalue weighted by atomic mass is 9.85. The second-order valence-electron chi connectivity index (χ2n) is 9.09. The summed E-state index contributed by atoms with van der Waals surface area (Å²) < 4.78 is 30.9. The van der Waals surface area contributed by atoms with Gasteiger partial charge in [-0.05, 0) is 94.4 Å². The number of hydrogen-bond acceptors (Lipinski definition) is 2. The van der Waals surface area contributed by atoms with Crippen LogP contribution in [-0.2, 0) is 10.0 Å². The van der Waals surface area contributed by atoms with Gasteiger partial charge in [-0.25, -0.2) is 8.42 Å². The summed E-state index contributed by atoms with van der Waals surface area (Å²) in [6, 6.07) is 7.40. The predicted octanol–water partition coefficient (Wildman–Crippen LogP) is 6.05. The maximum absolute atomic E-state index is 13.9. The van der Waals surface area contributed by atoms with E-state index in [-0.39, 0.29) is 12.0 Å². The van der Waals surface area contributed by atoms with E-state index in [2.05, 4.69) is 49.4 Å². The fraction of sp³-hybridized carbons (Fsp3) is 0.565. The lowest BCUT2D eigenvalue weighted by Crippen LogP contribution is -2.40. The van der Waals surface area contributed by atoms with Crippen molar-refractivity contribution in [2.75, 3.05) is 0 Å². The van der Waals surface area contributed by atoms with Crippen LogP contribution in [0.5, 0.6) is 0 Å². The summed E-state index contributed by atoms with van der Waals surface area (Å²) in [7, 11) is -3.56. The molecule has 3 nitrogen and oxygen atoms in total. The number of benzene rings is 1. The highest BCUT2D eigenvalue weighted by Gasteiger charge is 2.49. The van der Waals surface area contributed by atoms with Gasteiger partial charge in [0.25, 0.3) is 10.0 Å². The summed E-state index contributed by atoms with van der Waals surface area (Å²) in [5.74, 6) is 1.75. The Morgan fingerprint density at radius 3 is 2.39 bits per heavy atom. The maximum atomic E-state index is 13.9. The molecule has 0 saturated heterocycles. The highest BCUT2D eigenvalue weighted by atomic mass is 127. The number of rotatable bonds is 2. The first-order valence-corrected chi connectivity index (χ1v) is 12.9. The van der Waals surface area contributed by atoms with E-state index in [4.69, 9.17) is 0 Å². The molecule has 1 heterocycles. The van der Waals surface area contributed by atoms with Crippen LogP contribution in [0.2, 0.25) is 0 Å². The number of fused-ring (bicyclic) bond motifs is 2. The van der Waals surface area contributed by atoms with Gasteiger partial charge in [-0.2, -0.15) is 0 Å². The Bertz CT molecular complexity index is 932. The number of sulfonamides is 1. The third-order valence-corrected chi connectivity index (χ3v) is 9.68. The molecule has 5 heteroatoms. The molecular formula is C23H30INO2S. The van der Waals surface area contributed by atoms with Gasteiger partial charge in [-0.15, -0.1) is 0 Å². The molecule has 1 aromatic carbocycles. The fourth-order valence-corrected chi connectivity index (χ4v) is 8.08. The zero-order chi connectivity index (χ0) is 20.2. The molecule has 2 aliphatic carbocycles. The SMILES string of the molecule is Cc1ccc(S(=O)(=O)N2C3=C(C=C(I)CC3C)C3CCC(C)C(C)CC32)cc1. The summed E-state index contributed by atoms with van der Waals surface area (Å²) >= 11 is 2.43. The minimum Gasteiger partial charge on any atom is -0.266 e. The summed E-state index contributed by atoms with van der Waals surface area (Å²) in [6.07, 6.45) is 6.43. The second-order valence-corrected chi connectivity index (χ2v) is 12.3. The quantitative estimate of drug-likeness (QED) is 0.454. The normalized spacial score (nSPS) is 33.2. The van der Waals surface area contributed by atoms with E-state index in [0.717, 1.165) is 30.5 Å². The van der Waals surface area contributed by atoms with Crippen molar-refractivity contribution in [3.63, 3.8) is 0 Å². The van der Waals surface area contributed by atoms with Crippen LogP contribution in [0.3, 0.4) is 0 Å². The summed E-state index contributed by atoms with van der Waals surface area (Å²) in [5, 5.41) is 0. The first kappa shape index (κ1) is 20.5. The Morgan fingerprint density at radius 1 is 1.04 bits per heavy atom. The summed E-state index contributed by atoms with van der Waals surface area (Å²) in [4.78, 5) is 0.423. The predicted molar refractivity (Wildman–Crippen MR) is 123 cm³/mol. The second kappa shape index (κ2) is 7.46. The molecule has 1 saturated carbocycles. The largest absolute Gasteiger partial charge is 0.266 e. The van der Waals surface area contributed by atoms with Gasteiger partial charge in [-0.1, -0.05) is 38.5 Å². The van der Waals surface area contributed by atoms with Crippen LogP contribution in [-0.4, -0.2) is 18.8 Å². The molecule has 4 rings (SSSR count). The number of aryl methyl sites for hydroxylation is 1.